The summed E-state index contributed by atoms with van der Waals surface area (Å²) >= 11 is 3.45. The Labute approximate surface area is 94.2 Å². The van der Waals surface area contributed by atoms with Gasteiger partial charge in [0, 0.05) is 5.33 Å². The van der Waals surface area contributed by atoms with E-state index in [-0.39, 0.29) is 0 Å². The summed E-state index contributed by atoms with van der Waals surface area (Å²) in [6.07, 6.45) is 5.00. The first-order valence-corrected chi connectivity index (χ1v) is 6.25. The molecule has 0 unspecified atom stereocenters. The lowest BCUT2D eigenvalue weighted by molar-refractivity contribution is 1.13. The van der Waals surface area contributed by atoms with Crippen LogP contribution in [0, 0.1) is 0 Å². The van der Waals surface area contributed by atoms with Crippen LogP contribution in [0.15, 0.2) is 29.8 Å². The molecule has 0 aliphatic heterocycles. The van der Waals surface area contributed by atoms with Gasteiger partial charge in [-0.15, -0.1) is 0 Å². The lowest BCUT2D eigenvalue weighted by Gasteiger charge is -2.00. The Morgan fingerprint density at radius 1 is 1.36 bits per heavy atom. The molecular formula is C13H15Br. The molecule has 2 rings (SSSR count). The summed E-state index contributed by atoms with van der Waals surface area (Å²) in [5.74, 6) is 0.866. The molecule has 0 nitrogen and oxygen atoms in total. The van der Waals surface area contributed by atoms with Crippen molar-refractivity contribution in [3.63, 3.8) is 0 Å². The monoisotopic (exact) mass is 250 g/mol. The van der Waals surface area contributed by atoms with E-state index >= 15 is 0 Å². The maximum Gasteiger partial charge on any atom is 0.0242 e. The summed E-state index contributed by atoms with van der Waals surface area (Å²) in [6, 6.07) is 8.98. The zero-order chi connectivity index (χ0) is 9.97. The number of allylic oxidation sites excluding steroid dienone is 1. The molecule has 1 saturated carbocycles. The Bertz CT molecular complexity index is 331. The number of alkyl halides is 1. The Balaban J connectivity index is 2.13. The summed E-state index contributed by atoms with van der Waals surface area (Å²) in [4.78, 5) is 0. The summed E-state index contributed by atoms with van der Waals surface area (Å²) in [7, 11) is 0. The van der Waals surface area contributed by atoms with Crippen molar-refractivity contribution in [3.05, 3.63) is 41.0 Å². The van der Waals surface area contributed by atoms with Crippen LogP contribution in [-0.4, -0.2) is 5.33 Å². The van der Waals surface area contributed by atoms with Crippen molar-refractivity contribution < 1.29 is 0 Å². The highest BCUT2D eigenvalue weighted by Gasteiger charge is 2.22. The van der Waals surface area contributed by atoms with E-state index in [9.17, 15) is 0 Å². The van der Waals surface area contributed by atoms with E-state index in [1.165, 1.54) is 29.5 Å². The van der Waals surface area contributed by atoms with Gasteiger partial charge in [-0.2, -0.15) is 0 Å². The minimum atomic E-state index is 0.866. The quantitative estimate of drug-likeness (QED) is 0.700. The van der Waals surface area contributed by atoms with Gasteiger partial charge < -0.3 is 0 Å². The molecule has 0 spiro atoms. The van der Waals surface area contributed by atoms with E-state index in [4.69, 9.17) is 0 Å². The largest absolute Gasteiger partial charge is 0.0880 e. The Kier molecular flexibility index (Phi) is 3.07. The van der Waals surface area contributed by atoms with Crippen molar-refractivity contribution in [3.8, 4) is 0 Å². The molecule has 0 amide bonds. The lowest BCUT2D eigenvalue weighted by atomic mass is 10.1. The van der Waals surface area contributed by atoms with Crippen LogP contribution in [0.3, 0.4) is 0 Å². The summed E-state index contributed by atoms with van der Waals surface area (Å²) in [5, 5.41) is 0.956. The maximum absolute atomic E-state index is 3.45. The van der Waals surface area contributed by atoms with Gasteiger partial charge >= 0.3 is 0 Å². The molecule has 0 saturated heterocycles. The van der Waals surface area contributed by atoms with Crippen LogP contribution in [0.25, 0.3) is 6.08 Å². The zero-order valence-electron chi connectivity index (χ0n) is 8.46. The molecule has 1 fully saturated rings. The Hall–Kier alpha value is -0.560. The molecule has 0 atom stereocenters. The van der Waals surface area contributed by atoms with Crippen molar-refractivity contribution >= 4 is 22.0 Å². The van der Waals surface area contributed by atoms with Gasteiger partial charge in [0.05, 0.1) is 0 Å². The average Bonchev–Trinajstić information content (AvgIpc) is 3.02. The second kappa shape index (κ2) is 4.31. The zero-order valence-corrected chi connectivity index (χ0v) is 10.0. The third-order valence-electron chi connectivity index (χ3n) is 2.61. The molecule has 0 radical (unpaired) electrons. The fourth-order valence-electron chi connectivity index (χ4n) is 1.60. The van der Waals surface area contributed by atoms with E-state index in [2.05, 4.69) is 53.2 Å². The van der Waals surface area contributed by atoms with Crippen molar-refractivity contribution in [1.82, 2.24) is 0 Å². The first-order chi connectivity index (χ1) is 6.79. The summed E-state index contributed by atoms with van der Waals surface area (Å²) < 4.78 is 0. The van der Waals surface area contributed by atoms with Gasteiger partial charge in [-0.05, 0) is 36.8 Å². The van der Waals surface area contributed by atoms with Gasteiger partial charge in [0.15, 0.2) is 0 Å². The lowest BCUT2D eigenvalue weighted by Crippen LogP contribution is -1.81. The average molecular weight is 251 g/mol. The van der Waals surface area contributed by atoms with Crippen LogP contribution in [0.1, 0.15) is 36.8 Å². The SMILES string of the molecule is C/C(=C/c1ccc(C2CC2)cc1)CBr. The molecule has 1 heteroatoms. The predicted octanol–water partition coefficient (Wildman–Crippen LogP) is 4.36. The van der Waals surface area contributed by atoms with E-state index < -0.39 is 0 Å². The van der Waals surface area contributed by atoms with E-state index in [1.54, 1.807) is 0 Å². The highest BCUT2D eigenvalue weighted by atomic mass is 79.9. The molecule has 1 aromatic carbocycles. The minimum absolute atomic E-state index is 0.866. The summed E-state index contributed by atoms with van der Waals surface area (Å²) in [6.45, 7) is 2.14. The first-order valence-electron chi connectivity index (χ1n) is 5.12. The number of hydrogen-bond acceptors (Lipinski definition) is 0. The molecule has 14 heavy (non-hydrogen) atoms. The van der Waals surface area contributed by atoms with Crippen molar-refractivity contribution in [2.24, 2.45) is 0 Å². The van der Waals surface area contributed by atoms with Gasteiger partial charge in [0.2, 0.25) is 0 Å². The van der Waals surface area contributed by atoms with Crippen molar-refractivity contribution in [1.29, 1.82) is 0 Å². The van der Waals surface area contributed by atoms with Crippen LogP contribution in [0.4, 0.5) is 0 Å². The highest BCUT2D eigenvalue weighted by molar-refractivity contribution is 9.09. The highest BCUT2D eigenvalue weighted by Crippen LogP contribution is 2.39. The van der Waals surface area contributed by atoms with Gasteiger partial charge in [-0.3, -0.25) is 0 Å². The Morgan fingerprint density at radius 3 is 2.50 bits per heavy atom. The molecule has 0 bridgehead atoms. The normalized spacial score (nSPS) is 17.1. The molecule has 1 aliphatic rings. The fourth-order valence-corrected chi connectivity index (χ4v) is 1.77. The molecule has 0 aromatic heterocycles. The van der Waals surface area contributed by atoms with Crippen molar-refractivity contribution in [2.75, 3.05) is 5.33 Å². The van der Waals surface area contributed by atoms with E-state index in [1.807, 2.05) is 0 Å². The van der Waals surface area contributed by atoms with Crippen LogP contribution in [0.2, 0.25) is 0 Å². The summed E-state index contributed by atoms with van der Waals surface area (Å²) in [5.41, 5.74) is 4.19. The smallest absolute Gasteiger partial charge is 0.0242 e. The van der Waals surface area contributed by atoms with Gasteiger partial charge in [-0.1, -0.05) is 51.8 Å². The Morgan fingerprint density at radius 2 is 2.00 bits per heavy atom. The van der Waals surface area contributed by atoms with Crippen LogP contribution in [-0.2, 0) is 0 Å². The molecule has 74 valence electrons. The topological polar surface area (TPSA) is 0 Å². The van der Waals surface area contributed by atoms with Gasteiger partial charge in [-0.25, -0.2) is 0 Å². The van der Waals surface area contributed by atoms with Crippen LogP contribution < -0.4 is 0 Å². The first kappa shape index (κ1) is 9.97. The molecule has 0 N–H and O–H groups in total. The van der Waals surface area contributed by atoms with E-state index in [0.717, 1.165) is 11.2 Å². The third kappa shape index (κ3) is 2.48. The molecule has 1 aliphatic carbocycles. The number of rotatable bonds is 3. The second-order valence-electron chi connectivity index (χ2n) is 4.07. The van der Waals surface area contributed by atoms with Crippen LogP contribution >= 0.6 is 15.9 Å². The van der Waals surface area contributed by atoms with Gasteiger partial charge in [0.1, 0.15) is 0 Å². The maximum atomic E-state index is 3.45. The number of benzene rings is 1. The second-order valence-corrected chi connectivity index (χ2v) is 4.63. The fraction of sp³-hybridized carbons (Fsp3) is 0.385. The predicted molar refractivity (Wildman–Crippen MR) is 65.9 cm³/mol. The standard InChI is InChI=1S/C13H15Br/c1-10(9-14)8-11-2-4-12(5-3-11)13-6-7-13/h2-5,8,13H,6-7,9H2,1H3/b10-8-. The minimum Gasteiger partial charge on any atom is -0.0880 e. The third-order valence-corrected chi connectivity index (χ3v) is 3.49. The molecular weight excluding hydrogens is 236 g/mol. The number of halogens is 1. The van der Waals surface area contributed by atoms with Crippen LogP contribution in [0.5, 0.6) is 0 Å². The van der Waals surface area contributed by atoms with Crippen molar-refractivity contribution in [2.45, 2.75) is 25.7 Å². The number of hydrogen-bond donors (Lipinski definition) is 0. The molecule has 0 heterocycles. The van der Waals surface area contributed by atoms with E-state index in [0.29, 0.717) is 0 Å². The molecule has 1 aromatic rings. The van der Waals surface area contributed by atoms with Gasteiger partial charge in [0.25, 0.3) is 0 Å².